The third-order valence-electron chi connectivity index (χ3n) is 5.51. The van der Waals surface area contributed by atoms with Crippen molar-refractivity contribution >= 4 is 5.91 Å². The fourth-order valence-electron chi connectivity index (χ4n) is 3.81. The van der Waals surface area contributed by atoms with Crippen LogP contribution >= 0.6 is 0 Å². The molecule has 2 aromatic rings. The van der Waals surface area contributed by atoms with Gasteiger partial charge in [-0.25, -0.2) is 4.39 Å². The lowest BCUT2D eigenvalue weighted by atomic mass is 9.95. The molecule has 28 heavy (non-hydrogen) atoms. The molecule has 0 bridgehead atoms. The van der Waals surface area contributed by atoms with Gasteiger partial charge in [-0.2, -0.15) is 4.68 Å². The van der Waals surface area contributed by atoms with Gasteiger partial charge < -0.3 is 10.1 Å². The molecule has 1 N–H and O–H groups in total. The summed E-state index contributed by atoms with van der Waals surface area (Å²) in [6.07, 6.45) is 1.23. The van der Waals surface area contributed by atoms with E-state index in [-0.39, 0.29) is 12.8 Å². The molecule has 3 heterocycles. The summed E-state index contributed by atoms with van der Waals surface area (Å²) in [4.78, 5) is 14.5. The average Bonchev–Trinajstić information content (AvgIpc) is 3.37. The molecule has 8 nitrogen and oxygen atoms in total. The second kappa shape index (κ2) is 8.32. The summed E-state index contributed by atoms with van der Waals surface area (Å²) < 4.78 is 21.5. The van der Waals surface area contributed by atoms with Crippen molar-refractivity contribution in [3.63, 3.8) is 0 Å². The highest BCUT2D eigenvalue weighted by molar-refractivity contribution is 5.85. The second-order valence-electron chi connectivity index (χ2n) is 7.52. The van der Waals surface area contributed by atoms with Gasteiger partial charge in [-0.3, -0.25) is 9.69 Å². The van der Waals surface area contributed by atoms with Crippen LogP contribution in [0.3, 0.4) is 0 Å². The van der Waals surface area contributed by atoms with Gasteiger partial charge in [-0.15, -0.1) is 5.10 Å². The Morgan fingerprint density at radius 3 is 2.86 bits per heavy atom. The van der Waals surface area contributed by atoms with Gasteiger partial charge in [0.1, 0.15) is 0 Å². The molecule has 1 aromatic heterocycles. The Labute approximate surface area is 163 Å². The highest BCUT2D eigenvalue weighted by Crippen LogP contribution is 2.26. The number of hydrogen-bond donors (Lipinski definition) is 1. The molecule has 2 aliphatic heterocycles. The molecule has 0 spiro atoms. The highest BCUT2D eigenvalue weighted by Gasteiger charge is 2.40. The first kappa shape index (κ1) is 18.9. The minimum absolute atomic E-state index is 0.137. The summed E-state index contributed by atoms with van der Waals surface area (Å²) >= 11 is 0. The molecular formula is C19H25FN6O2. The van der Waals surface area contributed by atoms with Crippen LogP contribution in [0.2, 0.25) is 0 Å². The Hall–Kier alpha value is -2.39. The van der Waals surface area contributed by atoms with Gasteiger partial charge in [0.2, 0.25) is 0 Å². The van der Waals surface area contributed by atoms with Crippen LogP contribution in [0.4, 0.5) is 4.39 Å². The summed E-state index contributed by atoms with van der Waals surface area (Å²) in [6.45, 7) is 3.46. The number of alkyl halides is 1. The number of aromatic nitrogens is 4. The van der Waals surface area contributed by atoms with E-state index in [0.29, 0.717) is 32.2 Å². The number of nitrogens with zero attached hydrogens (tertiary/aromatic N) is 5. The first-order valence-corrected chi connectivity index (χ1v) is 9.74. The van der Waals surface area contributed by atoms with Crippen LogP contribution in [0, 0.1) is 5.92 Å². The van der Waals surface area contributed by atoms with Gasteiger partial charge in [0.15, 0.2) is 11.5 Å². The van der Waals surface area contributed by atoms with E-state index in [1.54, 1.807) is 4.68 Å². The van der Waals surface area contributed by atoms with Crippen LogP contribution in [-0.4, -0.2) is 69.5 Å². The molecule has 9 heteroatoms. The number of rotatable bonds is 6. The number of benzene rings is 1. The molecule has 0 radical (unpaired) electrons. The number of halogens is 1. The molecule has 2 fully saturated rings. The normalized spacial score (nSPS) is 22.2. The fourth-order valence-corrected chi connectivity index (χ4v) is 3.81. The summed E-state index contributed by atoms with van der Waals surface area (Å²) in [5.74, 6) is 0.580. The van der Waals surface area contributed by atoms with E-state index in [9.17, 15) is 9.18 Å². The molecule has 150 valence electrons. The van der Waals surface area contributed by atoms with Crippen molar-refractivity contribution in [3.05, 3.63) is 36.2 Å². The number of hydrogen-bond acceptors (Lipinski definition) is 6. The lowest BCUT2D eigenvalue weighted by molar-refractivity contribution is -0.139. The van der Waals surface area contributed by atoms with Crippen molar-refractivity contribution in [2.24, 2.45) is 5.92 Å². The van der Waals surface area contributed by atoms with Crippen LogP contribution in [0.15, 0.2) is 30.3 Å². The number of tetrazole rings is 1. The maximum Gasteiger partial charge on any atom is 0.257 e. The average molecular weight is 388 g/mol. The zero-order chi connectivity index (χ0) is 19.4. The molecule has 1 aromatic carbocycles. The Morgan fingerprint density at radius 1 is 1.29 bits per heavy atom. The third kappa shape index (κ3) is 4.20. The minimum Gasteiger partial charge on any atom is -0.381 e. The number of ether oxygens (including phenoxy) is 1. The van der Waals surface area contributed by atoms with Crippen molar-refractivity contribution < 1.29 is 13.9 Å². The highest BCUT2D eigenvalue weighted by atomic mass is 19.1. The largest absolute Gasteiger partial charge is 0.381 e. The Bertz CT molecular complexity index is 793. The molecular weight excluding hydrogens is 363 g/mol. The topological polar surface area (TPSA) is 85.2 Å². The predicted molar refractivity (Wildman–Crippen MR) is 99.4 cm³/mol. The van der Waals surface area contributed by atoms with Gasteiger partial charge in [0.05, 0.1) is 25.4 Å². The lowest BCUT2D eigenvalue weighted by Gasteiger charge is -2.28. The third-order valence-corrected chi connectivity index (χ3v) is 5.51. The summed E-state index contributed by atoms with van der Waals surface area (Å²) in [7, 11) is 0. The first-order valence-electron chi connectivity index (χ1n) is 9.74. The van der Waals surface area contributed by atoms with Crippen molar-refractivity contribution in [1.82, 2.24) is 30.4 Å². The van der Waals surface area contributed by atoms with Gasteiger partial charge in [-0.05, 0) is 41.4 Å². The minimum atomic E-state index is -1.78. The maximum atomic E-state index is 14.6. The maximum absolute atomic E-state index is 14.6. The van der Waals surface area contributed by atoms with Crippen LogP contribution in [0.25, 0.3) is 5.69 Å². The molecule has 2 aliphatic rings. The second-order valence-corrected chi connectivity index (χ2v) is 7.52. The fraction of sp³-hybridized carbons (Fsp3) is 0.579. The Balaban J connectivity index is 1.28. The quantitative estimate of drug-likeness (QED) is 0.798. The van der Waals surface area contributed by atoms with Gasteiger partial charge in [0, 0.05) is 25.9 Å². The van der Waals surface area contributed by atoms with Crippen molar-refractivity contribution in [1.29, 1.82) is 0 Å². The smallest absolute Gasteiger partial charge is 0.257 e. The van der Waals surface area contributed by atoms with Crippen molar-refractivity contribution in [3.8, 4) is 5.69 Å². The predicted octanol–water partition coefficient (Wildman–Crippen LogP) is 1.12. The van der Waals surface area contributed by atoms with E-state index in [1.807, 2.05) is 30.3 Å². The summed E-state index contributed by atoms with van der Waals surface area (Å²) in [6, 6.07) is 9.78. The Morgan fingerprint density at radius 2 is 2.07 bits per heavy atom. The van der Waals surface area contributed by atoms with Gasteiger partial charge >= 0.3 is 0 Å². The van der Waals surface area contributed by atoms with Crippen LogP contribution < -0.4 is 5.32 Å². The van der Waals surface area contributed by atoms with E-state index in [1.165, 1.54) is 0 Å². The Kier molecular flexibility index (Phi) is 5.63. The molecule has 2 saturated heterocycles. The number of likely N-dealkylation sites (tertiary alicyclic amines) is 1. The molecule has 4 rings (SSSR count). The zero-order valence-corrected chi connectivity index (χ0v) is 15.8. The van der Waals surface area contributed by atoms with Crippen LogP contribution in [0.5, 0.6) is 0 Å². The van der Waals surface area contributed by atoms with E-state index >= 15 is 0 Å². The lowest BCUT2D eigenvalue weighted by Crippen LogP contribution is -2.48. The number of carbonyl (C=O) groups is 1. The SMILES string of the molecule is O=C(NCC1CCN(Cc2nnnn2-c2ccccc2)C1)C1(F)CCOCC1. The molecule has 1 unspecified atom stereocenters. The number of para-hydroxylation sites is 1. The van der Waals surface area contributed by atoms with E-state index in [4.69, 9.17) is 4.74 Å². The van der Waals surface area contributed by atoms with Crippen LogP contribution in [0.1, 0.15) is 25.1 Å². The van der Waals surface area contributed by atoms with Crippen molar-refractivity contribution in [2.75, 3.05) is 32.8 Å². The first-order chi connectivity index (χ1) is 13.6. The molecule has 1 atom stereocenters. The number of carbonyl (C=O) groups excluding carboxylic acids is 1. The van der Waals surface area contributed by atoms with Gasteiger partial charge in [0.25, 0.3) is 5.91 Å². The summed E-state index contributed by atoms with van der Waals surface area (Å²) in [5.41, 5.74) is -0.857. The van der Waals surface area contributed by atoms with E-state index in [0.717, 1.165) is 31.0 Å². The van der Waals surface area contributed by atoms with Crippen molar-refractivity contribution in [2.45, 2.75) is 31.5 Å². The molecule has 0 aliphatic carbocycles. The molecule has 0 saturated carbocycles. The molecule has 1 amide bonds. The van der Waals surface area contributed by atoms with Gasteiger partial charge in [-0.1, -0.05) is 18.2 Å². The zero-order valence-electron chi connectivity index (χ0n) is 15.8. The van der Waals surface area contributed by atoms with E-state index < -0.39 is 11.6 Å². The number of amides is 1. The number of nitrogens with one attached hydrogen (secondary N) is 1. The standard InChI is InChI=1S/C19H25FN6O2/c20-19(7-10-28-11-8-19)18(27)21-12-15-6-9-25(13-15)14-17-22-23-24-26(17)16-4-2-1-3-5-16/h1-5,15H,6-14H2,(H,21,27). The summed E-state index contributed by atoms with van der Waals surface area (Å²) in [5, 5.41) is 14.9. The van der Waals surface area contributed by atoms with E-state index in [2.05, 4.69) is 25.7 Å². The van der Waals surface area contributed by atoms with Crippen LogP contribution in [-0.2, 0) is 16.1 Å². The monoisotopic (exact) mass is 388 g/mol.